The minimum absolute atomic E-state index is 0.112. The zero-order valence-electron chi connectivity index (χ0n) is 21.2. The molecule has 2 fully saturated rings. The van der Waals surface area contributed by atoms with Crippen LogP contribution in [0.2, 0.25) is 0 Å². The molecule has 0 atom stereocenters. The fraction of sp³-hybridized carbons (Fsp3) is 0.467. The zero-order chi connectivity index (χ0) is 24.5. The number of aromatic amines is 1. The van der Waals surface area contributed by atoms with Crippen LogP contribution in [0.1, 0.15) is 84.8 Å². The third-order valence-corrected chi connectivity index (χ3v) is 8.78. The van der Waals surface area contributed by atoms with E-state index in [1.807, 2.05) is 18.3 Å². The number of hydrogen-bond donors (Lipinski definition) is 2. The summed E-state index contributed by atoms with van der Waals surface area (Å²) in [6.07, 6.45) is 6.71. The van der Waals surface area contributed by atoms with Crippen molar-refractivity contribution in [2.75, 3.05) is 25.0 Å². The molecule has 0 unspecified atom stereocenters. The number of benzene rings is 2. The highest BCUT2D eigenvalue weighted by Crippen LogP contribution is 2.48. The summed E-state index contributed by atoms with van der Waals surface area (Å²) in [4.78, 5) is 24.1. The van der Waals surface area contributed by atoms with E-state index >= 15 is 0 Å². The molecular weight excluding hydrogens is 434 g/mol. The Morgan fingerprint density at radius 1 is 1.17 bits per heavy atom. The summed E-state index contributed by atoms with van der Waals surface area (Å²) in [7, 11) is 1.77. The van der Waals surface area contributed by atoms with Crippen molar-refractivity contribution >= 4 is 28.6 Å². The molecule has 35 heavy (non-hydrogen) atoms. The molecule has 1 saturated carbocycles. The highest BCUT2D eigenvalue weighted by atomic mass is 16.3. The monoisotopic (exact) mass is 469 g/mol. The Balaban J connectivity index is 1.44. The predicted octanol–water partition coefficient (Wildman–Crippen LogP) is 5.39. The van der Waals surface area contributed by atoms with Crippen LogP contribution < -0.4 is 4.90 Å². The van der Waals surface area contributed by atoms with Gasteiger partial charge in [0.05, 0.1) is 11.2 Å². The number of nitrogens with one attached hydrogen (secondary N) is 1. The number of ketones is 1. The number of H-pyrrole nitrogens is 1. The van der Waals surface area contributed by atoms with Crippen molar-refractivity contribution in [2.45, 2.75) is 63.9 Å². The van der Waals surface area contributed by atoms with Crippen molar-refractivity contribution in [2.24, 2.45) is 10.9 Å². The summed E-state index contributed by atoms with van der Waals surface area (Å²) < 4.78 is 0. The number of carbonyl (C=O) groups excluding carboxylic acids is 1. The molecule has 6 rings (SSSR count). The number of hydrogen-bond acceptors (Lipinski definition) is 4. The van der Waals surface area contributed by atoms with Crippen LogP contribution in [-0.2, 0) is 11.8 Å². The van der Waals surface area contributed by atoms with Gasteiger partial charge in [-0.25, -0.2) is 0 Å². The normalized spacial score (nSPS) is 20.9. The first-order chi connectivity index (χ1) is 16.8. The Bertz CT molecular complexity index is 1370. The summed E-state index contributed by atoms with van der Waals surface area (Å²) in [6, 6.07) is 10.6. The Morgan fingerprint density at radius 3 is 2.57 bits per heavy atom. The molecule has 1 aromatic heterocycles. The van der Waals surface area contributed by atoms with Crippen LogP contribution in [0, 0.1) is 5.92 Å². The van der Waals surface area contributed by atoms with Crippen LogP contribution in [0.4, 0.5) is 5.69 Å². The molecular formula is C30H35N3O2. The number of fused-ring (bicyclic) bond motifs is 4. The zero-order valence-corrected chi connectivity index (χ0v) is 21.2. The van der Waals surface area contributed by atoms with Gasteiger partial charge in [-0.3, -0.25) is 9.79 Å². The topological polar surface area (TPSA) is 68.7 Å². The first-order valence-electron chi connectivity index (χ1n) is 13.0. The summed E-state index contributed by atoms with van der Waals surface area (Å²) in [6.45, 7) is 8.35. The third-order valence-electron chi connectivity index (χ3n) is 8.78. The molecule has 3 aromatic rings. The van der Waals surface area contributed by atoms with Gasteiger partial charge in [0.2, 0.25) is 0 Å². The molecule has 3 aliphatic rings. The second-order valence-electron chi connectivity index (χ2n) is 11.3. The smallest absolute Gasteiger partial charge is 0.195 e. The van der Waals surface area contributed by atoms with Crippen molar-refractivity contribution in [3.8, 4) is 0 Å². The van der Waals surface area contributed by atoms with E-state index in [0.29, 0.717) is 5.92 Å². The minimum atomic E-state index is -0.479. The van der Waals surface area contributed by atoms with E-state index in [4.69, 9.17) is 0 Å². The first kappa shape index (κ1) is 22.5. The maximum absolute atomic E-state index is 13.9. The SMILES string of the molecule is CCc1cc2c(cc1N1CCC(O)(C3CC3)CC1)C(C)(C)c1[nH]c3cc(C=NC)ccc3c1C2=O. The molecule has 0 radical (unpaired) electrons. The van der Waals surface area contributed by atoms with Gasteiger partial charge in [-0.05, 0) is 72.9 Å². The quantitative estimate of drug-likeness (QED) is 0.504. The van der Waals surface area contributed by atoms with E-state index in [-0.39, 0.29) is 11.2 Å². The standard InChI is InChI=1S/C30H35N3O2/c1-5-19-15-22-23(16-25(19)33-12-10-30(35,11-13-33)20-7-8-20)29(2,3)28-26(27(22)34)21-9-6-18(17-31-4)14-24(21)32-28/h6,9,14-17,20,32,35H,5,7-8,10-13H2,1-4H3. The van der Waals surface area contributed by atoms with Crippen LogP contribution in [0.3, 0.4) is 0 Å². The summed E-state index contributed by atoms with van der Waals surface area (Å²) in [5.41, 5.74) is 7.35. The van der Waals surface area contributed by atoms with Crippen molar-refractivity contribution in [3.63, 3.8) is 0 Å². The van der Waals surface area contributed by atoms with Crippen LogP contribution in [-0.4, -0.2) is 47.8 Å². The van der Waals surface area contributed by atoms with Crippen LogP contribution in [0.5, 0.6) is 0 Å². The molecule has 1 aliphatic heterocycles. The van der Waals surface area contributed by atoms with Gasteiger partial charge < -0.3 is 15.0 Å². The molecule has 2 N–H and O–H groups in total. The van der Waals surface area contributed by atoms with E-state index in [2.05, 4.69) is 53.8 Å². The Labute approximate surface area is 207 Å². The van der Waals surface area contributed by atoms with Crippen LogP contribution >= 0.6 is 0 Å². The van der Waals surface area contributed by atoms with Crippen LogP contribution in [0.15, 0.2) is 35.3 Å². The molecule has 0 bridgehead atoms. The highest BCUT2D eigenvalue weighted by Gasteiger charge is 2.46. The molecule has 0 amide bonds. The maximum Gasteiger partial charge on any atom is 0.195 e. The van der Waals surface area contributed by atoms with Gasteiger partial charge in [0, 0.05) is 59.6 Å². The largest absolute Gasteiger partial charge is 0.389 e. The third kappa shape index (κ3) is 3.39. The molecule has 0 spiro atoms. The van der Waals surface area contributed by atoms with E-state index in [9.17, 15) is 9.90 Å². The summed E-state index contributed by atoms with van der Waals surface area (Å²) >= 11 is 0. The second kappa shape index (κ2) is 7.79. The summed E-state index contributed by atoms with van der Waals surface area (Å²) in [5.74, 6) is 0.611. The second-order valence-corrected chi connectivity index (χ2v) is 11.3. The lowest BCUT2D eigenvalue weighted by Crippen LogP contribution is -2.46. The molecule has 2 heterocycles. The highest BCUT2D eigenvalue weighted by molar-refractivity contribution is 6.20. The number of nitrogens with zero attached hydrogens (tertiary/aromatic N) is 2. The van der Waals surface area contributed by atoms with Gasteiger partial charge in [-0.15, -0.1) is 0 Å². The van der Waals surface area contributed by atoms with E-state index in [1.165, 1.54) is 24.1 Å². The van der Waals surface area contributed by atoms with Gasteiger partial charge in [-0.1, -0.05) is 32.9 Å². The number of piperidine rings is 1. The number of aliphatic hydroxyl groups is 1. The Morgan fingerprint density at radius 2 is 1.91 bits per heavy atom. The molecule has 2 aromatic carbocycles. The van der Waals surface area contributed by atoms with E-state index < -0.39 is 5.60 Å². The van der Waals surface area contributed by atoms with Crippen LogP contribution in [0.25, 0.3) is 10.9 Å². The number of rotatable bonds is 4. The molecule has 2 aliphatic carbocycles. The van der Waals surface area contributed by atoms with Crippen molar-refractivity contribution in [1.29, 1.82) is 0 Å². The molecule has 182 valence electrons. The minimum Gasteiger partial charge on any atom is -0.389 e. The van der Waals surface area contributed by atoms with E-state index in [0.717, 1.165) is 71.2 Å². The Hall–Kier alpha value is -2.92. The van der Waals surface area contributed by atoms with Gasteiger partial charge in [0.15, 0.2) is 5.78 Å². The molecule has 5 heteroatoms. The molecule has 1 saturated heterocycles. The average molecular weight is 470 g/mol. The summed E-state index contributed by atoms with van der Waals surface area (Å²) in [5, 5.41) is 12.0. The number of anilines is 1. The number of carbonyl (C=O) groups is 1. The van der Waals surface area contributed by atoms with Crippen molar-refractivity contribution in [3.05, 3.63) is 63.8 Å². The number of aryl methyl sites for hydroxylation is 1. The number of aromatic nitrogens is 1. The Kier molecular flexibility index (Phi) is 5.02. The maximum atomic E-state index is 13.9. The van der Waals surface area contributed by atoms with Gasteiger partial charge in [0.25, 0.3) is 0 Å². The fourth-order valence-electron chi connectivity index (χ4n) is 6.50. The fourth-order valence-corrected chi connectivity index (χ4v) is 6.50. The lowest BCUT2D eigenvalue weighted by Gasteiger charge is -2.41. The predicted molar refractivity (Wildman–Crippen MR) is 142 cm³/mol. The number of aliphatic imine (C=N–C) groups is 1. The van der Waals surface area contributed by atoms with E-state index in [1.54, 1.807) is 7.05 Å². The van der Waals surface area contributed by atoms with Gasteiger partial charge in [-0.2, -0.15) is 0 Å². The van der Waals surface area contributed by atoms with Gasteiger partial charge >= 0.3 is 0 Å². The lowest BCUT2D eigenvalue weighted by atomic mass is 9.70. The van der Waals surface area contributed by atoms with Crippen molar-refractivity contribution in [1.82, 2.24) is 4.98 Å². The van der Waals surface area contributed by atoms with Gasteiger partial charge in [0.1, 0.15) is 0 Å². The van der Waals surface area contributed by atoms with Crippen molar-refractivity contribution < 1.29 is 9.90 Å². The molecule has 5 nitrogen and oxygen atoms in total. The first-order valence-corrected chi connectivity index (χ1v) is 13.0. The average Bonchev–Trinajstić information content (AvgIpc) is 3.64. The lowest BCUT2D eigenvalue weighted by molar-refractivity contribution is -0.00533.